The first-order valence-electron chi connectivity index (χ1n) is 13.5. The van der Waals surface area contributed by atoms with E-state index in [-0.39, 0.29) is 23.6 Å². The first-order chi connectivity index (χ1) is 19.7. The second-order valence-electron chi connectivity index (χ2n) is 11.8. The standard InChI is InChI=1S/C27H27F17/c1-14-2-4-15(5-3-14)16-6-8-17(9-7-16)18-10-12-19(13-11-18)20(28,29)21(30,31)22(32,33)23(34,35)24(36,37)25(38,39)26(40,41)27(42,43)44/h10-17H,2-9H2,1H3/t14-,15-,16?,17?. The molecule has 0 radical (unpaired) electrons. The highest BCUT2D eigenvalue weighted by molar-refractivity contribution is 5.31. The number of benzene rings is 1. The lowest BCUT2D eigenvalue weighted by Crippen LogP contribution is -2.74. The Hall–Kier alpha value is -1.97. The monoisotopic (exact) mass is 674 g/mol. The van der Waals surface area contributed by atoms with Gasteiger partial charge in [0.1, 0.15) is 0 Å². The molecule has 0 N–H and O–H groups in total. The quantitative estimate of drug-likeness (QED) is 0.229. The van der Waals surface area contributed by atoms with Gasteiger partial charge in [0.25, 0.3) is 0 Å². The lowest BCUT2D eigenvalue weighted by atomic mass is 9.68. The van der Waals surface area contributed by atoms with Crippen LogP contribution in [-0.4, -0.2) is 41.7 Å². The number of rotatable bonds is 9. The third kappa shape index (κ3) is 5.53. The Bertz CT molecular complexity index is 1120. The summed E-state index contributed by atoms with van der Waals surface area (Å²) < 4.78 is 231. The molecule has 2 saturated carbocycles. The molecule has 2 aliphatic carbocycles. The van der Waals surface area contributed by atoms with E-state index < -0.39 is 53.2 Å². The van der Waals surface area contributed by atoms with Gasteiger partial charge in [-0.2, -0.15) is 74.6 Å². The zero-order chi connectivity index (χ0) is 33.9. The van der Waals surface area contributed by atoms with Gasteiger partial charge in [-0.15, -0.1) is 0 Å². The molecule has 17 heteroatoms. The van der Waals surface area contributed by atoms with Crippen LogP contribution in [0.5, 0.6) is 0 Å². The van der Waals surface area contributed by atoms with Crippen molar-refractivity contribution in [3.8, 4) is 0 Å². The van der Waals surface area contributed by atoms with Crippen molar-refractivity contribution in [1.29, 1.82) is 0 Å². The van der Waals surface area contributed by atoms with Crippen molar-refractivity contribution in [2.24, 2.45) is 17.8 Å². The smallest absolute Gasteiger partial charge is 0.194 e. The first kappa shape index (κ1) is 36.5. The summed E-state index contributed by atoms with van der Waals surface area (Å²) in [4.78, 5) is 0. The van der Waals surface area contributed by atoms with Gasteiger partial charge in [0.2, 0.25) is 0 Å². The van der Waals surface area contributed by atoms with E-state index in [2.05, 4.69) is 6.92 Å². The Morgan fingerprint density at radius 1 is 0.432 bits per heavy atom. The second-order valence-corrected chi connectivity index (χ2v) is 11.8. The summed E-state index contributed by atoms with van der Waals surface area (Å²) in [6.07, 6.45) is -0.948. The van der Waals surface area contributed by atoms with E-state index in [1.165, 1.54) is 0 Å². The van der Waals surface area contributed by atoms with E-state index in [0.717, 1.165) is 50.7 Å². The van der Waals surface area contributed by atoms with Crippen LogP contribution in [0.25, 0.3) is 0 Å². The van der Waals surface area contributed by atoms with Crippen molar-refractivity contribution in [2.45, 2.75) is 112 Å². The van der Waals surface area contributed by atoms with Crippen molar-refractivity contribution >= 4 is 0 Å². The lowest BCUT2D eigenvalue weighted by molar-refractivity contribution is -0.462. The maximum atomic E-state index is 14.6. The summed E-state index contributed by atoms with van der Waals surface area (Å²) in [5.41, 5.74) is -1.90. The fourth-order valence-electron chi connectivity index (χ4n) is 5.99. The lowest BCUT2D eigenvalue weighted by Gasteiger charge is -2.42. The Labute approximate surface area is 240 Å². The molecule has 254 valence electrons. The van der Waals surface area contributed by atoms with Crippen LogP contribution in [-0.2, 0) is 5.92 Å². The highest BCUT2D eigenvalue weighted by atomic mass is 19.4. The van der Waals surface area contributed by atoms with Crippen molar-refractivity contribution in [3.63, 3.8) is 0 Å². The minimum Gasteiger partial charge on any atom is -0.194 e. The Balaban J connectivity index is 1.84. The van der Waals surface area contributed by atoms with Gasteiger partial charge in [0.05, 0.1) is 0 Å². The van der Waals surface area contributed by atoms with Gasteiger partial charge in [-0.05, 0) is 67.8 Å². The van der Waals surface area contributed by atoms with Crippen molar-refractivity contribution in [1.82, 2.24) is 0 Å². The van der Waals surface area contributed by atoms with Crippen molar-refractivity contribution in [3.05, 3.63) is 35.4 Å². The molecular weight excluding hydrogens is 647 g/mol. The van der Waals surface area contributed by atoms with Crippen LogP contribution in [0, 0.1) is 17.8 Å². The molecule has 1 aromatic carbocycles. The highest BCUT2D eigenvalue weighted by Crippen LogP contribution is 2.65. The van der Waals surface area contributed by atoms with Gasteiger partial charge in [-0.1, -0.05) is 44.0 Å². The number of hydrogen-bond donors (Lipinski definition) is 0. The van der Waals surface area contributed by atoms with Crippen LogP contribution in [0.2, 0.25) is 0 Å². The molecule has 3 rings (SSSR count). The Kier molecular flexibility index (Phi) is 9.43. The topological polar surface area (TPSA) is 0 Å². The van der Waals surface area contributed by atoms with Gasteiger partial charge in [0.15, 0.2) is 0 Å². The molecular formula is C27H27F17. The van der Waals surface area contributed by atoms with E-state index in [9.17, 15) is 74.6 Å². The third-order valence-electron chi connectivity index (χ3n) is 8.97. The predicted molar refractivity (Wildman–Crippen MR) is 122 cm³/mol. The number of hydrogen-bond acceptors (Lipinski definition) is 0. The van der Waals surface area contributed by atoms with Crippen molar-refractivity contribution < 1.29 is 74.6 Å². The molecule has 0 amide bonds. The summed E-state index contributed by atoms with van der Waals surface area (Å²) >= 11 is 0. The molecule has 0 bridgehead atoms. The largest absolute Gasteiger partial charge is 0.460 e. The molecule has 0 aromatic heterocycles. The SMILES string of the molecule is C[C@H]1CC[C@H](C2CCC(c3ccc(C(F)(F)C(F)(F)C(F)(F)C(F)(F)C(F)(F)C(F)(F)C(F)(F)C(F)(F)F)cc3)CC2)CC1. The highest BCUT2D eigenvalue weighted by Gasteiger charge is 2.95. The van der Waals surface area contributed by atoms with Crippen LogP contribution in [0.1, 0.15) is 75.3 Å². The number of halogens is 17. The van der Waals surface area contributed by atoms with Gasteiger partial charge < -0.3 is 0 Å². The molecule has 0 spiro atoms. The van der Waals surface area contributed by atoms with E-state index in [4.69, 9.17) is 0 Å². The molecule has 0 saturated heterocycles. The maximum Gasteiger partial charge on any atom is 0.460 e. The Morgan fingerprint density at radius 2 is 0.773 bits per heavy atom. The molecule has 2 fully saturated rings. The van der Waals surface area contributed by atoms with Crippen molar-refractivity contribution in [2.75, 3.05) is 0 Å². The average Bonchev–Trinajstić information content (AvgIpc) is 2.92. The molecule has 0 heterocycles. The second kappa shape index (κ2) is 11.4. The van der Waals surface area contributed by atoms with Gasteiger partial charge >= 0.3 is 47.6 Å². The molecule has 44 heavy (non-hydrogen) atoms. The summed E-state index contributed by atoms with van der Waals surface area (Å²) in [7, 11) is 0. The van der Waals surface area contributed by atoms with Crippen LogP contribution in [0.15, 0.2) is 24.3 Å². The first-order valence-corrected chi connectivity index (χ1v) is 13.5. The molecule has 1 aromatic rings. The summed E-state index contributed by atoms with van der Waals surface area (Å²) in [6.45, 7) is 2.15. The van der Waals surface area contributed by atoms with E-state index in [0.29, 0.717) is 30.6 Å². The molecule has 0 nitrogen and oxygen atoms in total. The zero-order valence-electron chi connectivity index (χ0n) is 22.7. The summed E-state index contributed by atoms with van der Waals surface area (Å²) in [5.74, 6) is -55.2. The maximum absolute atomic E-state index is 14.6. The summed E-state index contributed by atoms with van der Waals surface area (Å²) in [5, 5.41) is 0. The van der Waals surface area contributed by atoms with Gasteiger partial charge in [-0.25, -0.2) is 0 Å². The molecule has 0 atom stereocenters. The van der Waals surface area contributed by atoms with Crippen LogP contribution < -0.4 is 0 Å². The van der Waals surface area contributed by atoms with Crippen LogP contribution in [0.4, 0.5) is 74.6 Å². The normalized spacial score (nSPS) is 25.7. The average molecular weight is 674 g/mol. The zero-order valence-corrected chi connectivity index (χ0v) is 22.7. The van der Waals surface area contributed by atoms with E-state index in [1.54, 1.807) is 0 Å². The number of alkyl halides is 17. The molecule has 0 aliphatic heterocycles. The van der Waals surface area contributed by atoms with Gasteiger partial charge in [-0.3, -0.25) is 0 Å². The molecule has 2 aliphatic rings. The van der Waals surface area contributed by atoms with Gasteiger partial charge in [0, 0.05) is 5.56 Å². The predicted octanol–water partition coefficient (Wildman–Crippen LogP) is 11.3. The van der Waals surface area contributed by atoms with E-state index in [1.807, 2.05) is 0 Å². The summed E-state index contributed by atoms with van der Waals surface area (Å²) in [6, 6.07) is 1.73. The van der Waals surface area contributed by atoms with Crippen LogP contribution in [0.3, 0.4) is 0 Å². The van der Waals surface area contributed by atoms with Crippen LogP contribution >= 0.6 is 0 Å². The minimum atomic E-state index is -8.62. The minimum absolute atomic E-state index is 0.0939. The molecule has 0 unspecified atom stereocenters. The fraction of sp³-hybridized carbons (Fsp3) is 0.778. The Morgan fingerprint density at radius 3 is 1.16 bits per heavy atom. The van der Waals surface area contributed by atoms with E-state index >= 15 is 0 Å². The third-order valence-corrected chi connectivity index (χ3v) is 8.97. The fourth-order valence-corrected chi connectivity index (χ4v) is 5.99.